The lowest BCUT2D eigenvalue weighted by molar-refractivity contribution is -0.108. The molecule has 0 aromatic heterocycles. The lowest BCUT2D eigenvalue weighted by Gasteiger charge is -2.26. The van der Waals surface area contributed by atoms with Gasteiger partial charge in [0.25, 0.3) is 0 Å². The standard InChI is InChI=1S/C9H17NO3/c11-5-8-6-12-9(13-8)7-1-3-10-4-2-7/h7-11H,1-6H2. The third-order valence-electron chi connectivity index (χ3n) is 2.75. The number of piperidine rings is 1. The second-order valence-corrected chi connectivity index (χ2v) is 3.73. The van der Waals surface area contributed by atoms with Gasteiger partial charge in [0.05, 0.1) is 13.2 Å². The Hall–Kier alpha value is -0.160. The molecule has 0 amide bonds. The molecule has 0 aromatic rings. The van der Waals surface area contributed by atoms with Crippen LogP contribution in [-0.2, 0) is 9.47 Å². The molecule has 2 N–H and O–H groups in total. The van der Waals surface area contributed by atoms with Crippen molar-refractivity contribution in [2.24, 2.45) is 5.92 Å². The molecular weight excluding hydrogens is 170 g/mol. The second kappa shape index (κ2) is 4.37. The first-order chi connectivity index (χ1) is 6.40. The summed E-state index contributed by atoms with van der Waals surface area (Å²) in [6.07, 6.45) is 2.06. The molecule has 2 fully saturated rings. The fourth-order valence-electron chi connectivity index (χ4n) is 1.93. The van der Waals surface area contributed by atoms with Crippen molar-refractivity contribution in [3.63, 3.8) is 0 Å². The quantitative estimate of drug-likeness (QED) is 0.624. The lowest BCUT2D eigenvalue weighted by Crippen LogP contribution is -2.34. The number of hydrogen-bond donors (Lipinski definition) is 2. The minimum absolute atomic E-state index is 0.0701. The summed E-state index contributed by atoms with van der Waals surface area (Å²) in [5.41, 5.74) is 0. The van der Waals surface area contributed by atoms with Gasteiger partial charge in [0, 0.05) is 5.92 Å². The molecule has 0 aliphatic carbocycles. The average molecular weight is 187 g/mol. The van der Waals surface area contributed by atoms with Gasteiger partial charge in [-0.2, -0.15) is 0 Å². The Labute approximate surface area is 78.2 Å². The van der Waals surface area contributed by atoms with Gasteiger partial charge in [0.1, 0.15) is 6.10 Å². The third-order valence-corrected chi connectivity index (χ3v) is 2.75. The number of rotatable bonds is 2. The third kappa shape index (κ3) is 2.20. The number of hydrogen-bond acceptors (Lipinski definition) is 4. The van der Waals surface area contributed by atoms with Crippen molar-refractivity contribution < 1.29 is 14.6 Å². The van der Waals surface area contributed by atoms with E-state index in [1.54, 1.807) is 0 Å². The number of ether oxygens (including phenoxy) is 2. The Bertz CT molecular complexity index is 159. The first-order valence-corrected chi connectivity index (χ1v) is 4.99. The fraction of sp³-hybridized carbons (Fsp3) is 1.00. The van der Waals surface area contributed by atoms with Crippen LogP contribution in [0.2, 0.25) is 0 Å². The van der Waals surface area contributed by atoms with E-state index < -0.39 is 0 Å². The van der Waals surface area contributed by atoms with Gasteiger partial charge in [-0.15, -0.1) is 0 Å². The summed E-state index contributed by atoms with van der Waals surface area (Å²) in [5.74, 6) is 0.512. The van der Waals surface area contributed by atoms with Gasteiger partial charge in [0.15, 0.2) is 6.29 Å². The van der Waals surface area contributed by atoms with Crippen LogP contribution in [0.1, 0.15) is 12.8 Å². The Balaban J connectivity index is 1.80. The predicted molar refractivity (Wildman–Crippen MR) is 47.3 cm³/mol. The normalized spacial score (nSPS) is 36.7. The lowest BCUT2D eigenvalue weighted by atomic mass is 9.98. The highest BCUT2D eigenvalue weighted by molar-refractivity contribution is 4.75. The molecule has 0 saturated carbocycles. The smallest absolute Gasteiger partial charge is 0.161 e. The Morgan fingerprint density at radius 3 is 2.69 bits per heavy atom. The van der Waals surface area contributed by atoms with Crippen LogP contribution in [0.25, 0.3) is 0 Å². The zero-order chi connectivity index (χ0) is 9.10. The van der Waals surface area contributed by atoms with Gasteiger partial charge < -0.3 is 19.9 Å². The highest BCUT2D eigenvalue weighted by Crippen LogP contribution is 2.25. The van der Waals surface area contributed by atoms with Crippen LogP contribution in [0.15, 0.2) is 0 Å². The van der Waals surface area contributed by atoms with E-state index in [-0.39, 0.29) is 19.0 Å². The maximum Gasteiger partial charge on any atom is 0.161 e. The van der Waals surface area contributed by atoms with Crippen LogP contribution in [0.5, 0.6) is 0 Å². The summed E-state index contributed by atoms with van der Waals surface area (Å²) in [7, 11) is 0. The molecule has 2 aliphatic rings. The van der Waals surface area contributed by atoms with E-state index in [2.05, 4.69) is 5.32 Å². The van der Waals surface area contributed by atoms with Gasteiger partial charge in [-0.1, -0.05) is 0 Å². The molecule has 2 heterocycles. The molecule has 2 aliphatic heterocycles. The van der Waals surface area contributed by atoms with Gasteiger partial charge in [-0.3, -0.25) is 0 Å². The van der Waals surface area contributed by atoms with E-state index in [0.29, 0.717) is 12.5 Å². The van der Waals surface area contributed by atoms with Crippen molar-refractivity contribution in [2.75, 3.05) is 26.3 Å². The monoisotopic (exact) mass is 187 g/mol. The summed E-state index contributed by atoms with van der Waals surface area (Å²) in [4.78, 5) is 0. The van der Waals surface area contributed by atoms with Crippen molar-refractivity contribution in [1.82, 2.24) is 5.32 Å². The maximum absolute atomic E-state index is 8.86. The molecule has 0 radical (unpaired) electrons. The number of aliphatic hydroxyl groups excluding tert-OH is 1. The van der Waals surface area contributed by atoms with Gasteiger partial charge in [-0.25, -0.2) is 0 Å². The van der Waals surface area contributed by atoms with Crippen LogP contribution in [0, 0.1) is 5.92 Å². The largest absolute Gasteiger partial charge is 0.394 e. The zero-order valence-corrected chi connectivity index (χ0v) is 7.74. The molecule has 0 bridgehead atoms. The predicted octanol–water partition coefficient (Wildman–Crippen LogP) is -0.280. The van der Waals surface area contributed by atoms with Crippen molar-refractivity contribution in [3.8, 4) is 0 Å². The van der Waals surface area contributed by atoms with Crippen LogP contribution < -0.4 is 5.32 Å². The van der Waals surface area contributed by atoms with Gasteiger partial charge in [-0.05, 0) is 25.9 Å². The molecule has 0 spiro atoms. The summed E-state index contributed by atoms with van der Waals surface area (Å²) >= 11 is 0. The average Bonchev–Trinajstić information content (AvgIpc) is 2.67. The molecule has 2 rings (SSSR count). The summed E-state index contributed by atoms with van der Waals surface area (Å²) in [6.45, 7) is 2.72. The van der Waals surface area contributed by atoms with E-state index >= 15 is 0 Å². The maximum atomic E-state index is 8.86. The highest BCUT2D eigenvalue weighted by atomic mass is 16.7. The minimum atomic E-state index is -0.0973. The van der Waals surface area contributed by atoms with Crippen LogP contribution >= 0.6 is 0 Å². The van der Waals surface area contributed by atoms with E-state index in [0.717, 1.165) is 25.9 Å². The van der Waals surface area contributed by atoms with Crippen molar-refractivity contribution >= 4 is 0 Å². The van der Waals surface area contributed by atoms with E-state index in [1.165, 1.54) is 0 Å². The van der Waals surface area contributed by atoms with Crippen molar-refractivity contribution in [3.05, 3.63) is 0 Å². The Morgan fingerprint density at radius 1 is 1.31 bits per heavy atom. The van der Waals surface area contributed by atoms with Crippen molar-refractivity contribution in [2.45, 2.75) is 25.2 Å². The first-order valence-electron chi connectivity index (χ1n) is 4.99. The van der Waals surface area contributed by atoms with Crippen LogP contribution in [-0.4, -0.2) is 43.8 Å². The fourth-order valence-corrected chi connectivity index (χ4v) is 1.93. The SMILES string of the molecule is OCC1COC(C2CCNCC2)O1. The molecule has 2 unspecified atom stereocenters. The molecule has 2 atom stereocenters. The molecule has 76 valence electrons. The van der Waals surface area contributed by atoms with E-state index in [9.17, 15) is 0 Å². The minimum Gasteiger partial charge on any atom is -0.394 e. The van der Waals surface area contributed by atoms with E-state index in [1.807, 2.05) is 0 Å². The summed E-state index contributed by atoms with van der Waals surface area (Å²) < 4.78 is 11.0. The molecular formula is C9H17NO3. The van der Waals surface area contributed by atoms with Gasteiger partial charge >= 0.3 is 0 Å². The van der Waals surface area contributed by atoms with Crippen LogP contribution in [0.3, 0.4) is 0 Å². The Kier molecular flexibility index (Phi) is 3.16. The molecule has 4 heteroatoms. The molecule has 0 aromatic carbocycles. The molecule has 13 heavy (non-hydrogen) atoms. The molecule has 4 nitrogen and oxygen atoms in total. The Morgan fingerprint density at radius 2 is 2.08 bits per heavy atom. The van der Waals surface area contributed by atoms with Crippen molar-refractivity contribution in [1.29, 1.82) is 0 Å². The number of aliphatic hydroxyl groups is 1. The summed E-state index contributed by atoms with van der Waals surface area (Å²) in [5, 5.41) is 12.2. The topological polar surface area (TPSA) is 50.7 Å². The number of nitrogens with one attached hydrogen (secondary N) is 1. The zero-order valence-electron chi connectivity index (χ0n) is 7.74. The van der Waals surface area contributed by atoms with Gasteiger partial charge in [0.2, 0.25) is 0 Å². The van der Waals surface area contributed by atoms with E-state index in [4.69, 9.17) is 14.6 Å². The summed E-state index contributed by atoms with van der Waals surface area (Å²) in [6, 6.07) is 0. The first kappa shape index (κ1) is 9.40. The second-order valence-electron chi connectivity index (χ2n) is 3.73. The molecule has 2 saturated heterocycles. The van der Waals surface area contributed by atoms with Crippen LogP contribution in [0.4, 0.5) is 0 Å². The highest BCUT2D eigenvalue weighted by Gasteiger charge is 2.32.